The minimum atomic E-state index is 0.728. The van der Waals surface area contributed by atoms with Crippen molar-refractivity contribution in [3.63, 3.8) is 0 Å². The predicted octanol–water partition coefficient (Wildman–Crippen LogP) is 1.93. The van der Waals surface area contributed by atoms with E-state index in [1.807, 2.05) is 40.1 Å². The normalized spacial score (nSPS) is 10.6. The Kier molecular flexibility index (Phi) is 3.08. The molecule has 90 valence electrons. The number of nitrogens with zero attached hydrogens (tertiary/aromatic N) is 4. The first-order valence-corrected chi connectivity index (χ1v) is 5.70. The van der Waals surface area contributed by atoms with Gasteiger partial charge >= 0.3 is 0 Å². The molecule has 0 atom stereocenters. The highest BCUT2D eigenvalue weighted by atomic mass is 15.3. The number of aromatic nitrogens is 4. The van der Waals surface area contributed by atoms with E-state index in [1.54, 1.807) is 4.68 Å². The lowest BCUT2D eigenvalue weighted by Gasteiger charge is -2.05. The fraction of sp³-hybridized carbons (Fsp3) is 0.417. The van der Waals surface area contributed by atoms with Gasteiger partial charge in [-0.15, -0.1) is 0 Å². The predicted molar refractivity (Wildman–Crippen MR) is 67.9 cm³/mol. The van der Waals surface area contributed by atoms with Crippen LogP contribution in [0.15, 0.2) is 12.3 Å². The molecule has 17 heavy (non-hydrogen) atoms. The molecule has 0 saturated heterocycles. The Bertz CT molecular complexity index is 530. The molecule has 0 bridgehead atoms. The van der Waals surface area contributed by atoms with E-state index >= 15 is 0 Å². The van der Waals surface area contributed by atoms with Crippen molar-refractivity contribution in [3.05, 3.63) is 23.7 Å². The van der Waals surface area contributed by atoms with Crippen molar-refractivity contribution in [1.82, 2.24) is 19.7 Å². The third kappa shape index (κ3) is 2.43. The molecule has 5 nitrogen and oxygen atoms in total. The van der Waals surface area contributed by atoms with Gasteiger partial charge in [0.1, 0.15) is 5.82 Å². The van der Waals surface area contributed by atoms with Crippen LogP contribution in [0.5, 0.6) is 0 Å². The molecule has 0 spiro atoms. The average molecular weight is 231 g/mol. The second-order valence-electron chi connectivity index (χ2n) is 4.05. The van der Waals surface area contributed by atoms with E-state index < -0.39 is 0 Å². The van der Waals surface area contributed by atoms with Crippen molar-refractivity contribution in [2.75, 3.05) is 11.9 Å². The standard InChI is InChI=1S/C12H17N5/c1-5-13-11-6-8(2)14-12(15-11)10-7-17(4)16-9(10)3/h6-7H,5H2,1-4H3,(H,13,14,15). The van der Waals surface area contributed by atoms with Crippen molar-refractivity contribution < 1.29 is 0 Å². The molecule has 0 fully saturated rings. The Morgan fingerprint density at radius 3 is 2.65 bits per heavy atom. The number of nitrogens with one attached hydrogen (secondary N) is 1. The SMILES string of the molecule is CCNc1cc(C)nc(-c2cn(C)nc2C)n1. The van der Waals surface area contributed by atoms with Gasteiger partial charge in [0.05, 0.1) is 11.3 Å². The third-order valence-corrected chi connectivity index (χ3v) is 2.47. The van der Waals surface area contributed by atoms with Crippen LogP contribution < -0.4 is 5.32 Å². The molecule has 2 aromatic heterocycles. The highest BCUT2D eigenvalue weighted by Gasteiger charge is 2.10. The Labute approximate surface area is 101 Å². The highest BCUT2D eigenvalue weighted by Crippen LogP contribution is 2.20. The van der Waals surface area contributed by atoms with Crippen LogP contribution in [-0.4, -0.2) is 26.3 Å². The maximum absolute atomic E-state index is 4.49. The quantitative estimate of drug-likeness (QED) is 0.877. The van der Waals surface area contributed by atoms with Crippen LogP contribution >= 0.6 is 0 Å². The van der Waals surface area contributed by atoms with Gasteiger partial charge in [-0.05, 0) is 20.8 Å². The Hall–Kier alpha value is -1.91. The largest absolute Gasteiger partial charge is 0.370 e. The van der Waals surface area contributed by atoms with Gasteiger partial charge in [-0.25, -0.2) is 9.97 Å². The molecule has 0 aliphatic rings. The fourth-order valence-electron chi connectivity index (χ4n) is 1.78. The summed E-state index contributed by atoms with van der Waals surface area (Å²) in [5.41, 5.74) is 2.88. The van der Waals surface area contributed by atoms with E-state index in [2.05, 4.69) is 20.4 Å². The molecule has 0 radical (unpaired) electrons. The van der Waals surface area contributed by atoms with E-state index in [-0.39, 0.29) is 0 Å². The van der Waals surface area contributed by atoms with Crippen LogP contribution in [0.4, 0.5) is 5.82 Å². The summed E-state index contributed by atoms with van der Waals surface area (Å²) >= 11 is 0. The van der Waals surface area contributed by atoms with Gasteiger partial charge in [-0.2, -0.15) is 5.10 Å². The topological polar surface area (TPSA) is 55.6 Å². The van der Waals surface area contributed by atoms with Crippen LogP contribution in [0.3, 0.4) is 0 Å². The summed E-state index contributed by atoms with van der Waals surface area (Å²) in [5, 5.41) is 7.52. The highest BCUT2D eigenvalue weighted by molar-refractivity contribution is 5.59. The molecule has 1 N–H and O–H groups in total. The first-order valence-electron chi connectivity index (χ1n) is 5.70. The van der Waals surface area contributed by atoms with Gasteiger partial charge in [0.2, 0.25) is 0 Å². The van der Waals surface area contributed by atoms with E-state index in [9.17, 15) is 0 Å². The third-order valence-electron chi connectivity index (χ3n) is 2.47. The van der Waals surface area contributed by atoms with E-state index in [1.165, 1.54) is 0 Å². The maximum atomic E-state index is 4.49. The summed E-state index contributed by atoms with van der Waals surface area (Å²) < 4.78 is 1.78. The average Bonchev–Trinajstić information content (AvgIpc) is 2.57. The second kappa shape index (κ2) is 4.53. The summed E-state index contributed by atoms with van der Waals surface area (Å²) in [7, 11) is 1.90. The molecule has 0 amide bonds. The van der Waals surface area contributed by atoms with Crippen molar-refractivity contribution in [1.29, 1.82) is 0 Å². The number of hydrogen-bond acceptors (Lipinski definition) is 4. The van der Waals surface area contributed by atoms with Crippen molar-refractivity contribution in [3.8, 4) is 11.4 Å². The number of hydrogen-bond donors (Lipinski definition) is 1. The van der Waals surface area contributed by atoms with Crippen molar-refractivity contribution in [2.45, 2.75) is 20.8 Å². The number of rotatable bonds is 3. The lowest BCUT2D eigenvalue weighted by molar-refractivity contribution is 0.756. The van der Waals surface area contributed by atoms with Gasteiger partial charge in [0, 0.05) is 31.5 Å². The summed E-state index contributed by atoms with van der Waals surface area (Å²) in [5.74, 6) is 1.59. The summed E-state index contributed by atoms with van der Waals surface area (Å²) in [6, 6.07) is 1.94. The zero-order valence-electron chi connectivity index (χ0n) is 10.7. The zero-order chi connectivity index (χ0) is 12.4. The summed E-state index contributed by atoms with van der Waals surface area (Å²) in [6.45, 7) is 6.83. The van der Waals surface area contributed by atoms with Crippen LogP contribution in [0, 0.1) is 13.8 Å². The molecule has 2 aromatic rings. The first-order chi connectivity index (χ1) is 8.10. The van der Waals surface area contributed by atoms with Crippen LogP contribution in [0.2, 0.25) is 0 Å². The van der Waals surface area contributed by atoms with Crippen LogP contribution in [0.1, 0.15) is 18.3 Å². The molecule has 0 saturated carbocycles. The Morgan fingerprint density at radius 1 is 1.29 bits per heavy atom. The number of anilines is 1. The summed E-state index contributed by atoms with van der Waals surface area (Å²) in [4.78, 5) is 8.95. The van der Waals surface area contributed by atoms with Crippen LogP contribution in [-0.2, 0) is 7.05 Å². The molecule has 0 aliphatic carbocycles. The van der Waals surface area contributed by atoms with Gasteiger partial charge < -0.3 is 5.32 Å². The minimum absolute atomic E-state index is 0.728. The van der Waals surface area contributed by atoms with Crippen LogP contribution in [0.25, 0.3) is 11.4 Å². The molecule has 2 heterocycles. The van der Waals surface area contributed by atoms with Gasteiger partial charge in [-0.3, -0.25) is 4.68 Å². The van der Waals surface area contributed by atoms with E-state index in [4.69, 9.17) is 0 Å². The van der Waals surface area contributed by atoms with Gasteiger partial charge in [0.15, 0.2) is 5.82 Å². The lowest BCUT2D eigenvalue weighted by atomic mass is 10.2. The van der Waals surface area contributed by atoms with E-state index in [0.717, 1.165) is 35.1 Å². The molecule has 2 rings (SSSR count). The molecular formula is C12H17N5. The zero-order valence-corrected chi connectivity index (χ0v) is 10.7. The van der Waals surface area contributed by atoms with Gasteiger partial charge in [-0.1, -0.05) is 0 Å². The monoisotopic (exact) mass is 231 g/mol. The lowest BCUT2D eigenvalue weighted by Crippen LogP contribution is -2.02. The number of aryl methyl sites for hydroxylation is 3. The second-order valence-corrected chi connectivity index (χ2v) is 4.05. The first kappa shape index (κ1) is 11.6. The molecule has 0 aliphatic heterocycles. The summed E-state index contributed by atoms with van der Waals surface area (Å²) in [6.07, 6.45) is 1.94. The Morgan fingerprint density at radius 2 is 2.06 bits per heavy atom. The van der Waals surface area contributed by atoms with Crippen molar-refractivity contribution >= 4 is 5.82 Å². The molecular weight excluding hydrogens is 214 g/mol. The van der Waals surface area contributed by atoms with E-state index in [0.29, 0.717) is 0 Å². The van der Waals surface area contributed by atoms with Gasteiger partial charge in [0.25, 0.3) is 0 Å². The molecule has 0 aromatic carbocycles. The Balaban J connectivity index is 2.48. The minimum Gasteiger partial charge on any atom is -0.370 e. The molecule has 5 heteroatoms. The smallest absolute Gasteiger partial charge is 0.165 e. The van der Waals surface area contributed by atoms with Crippen molar-refractivity contribution in [2.24, 2.45) is 7.05 Å². The maximum Gasteiger partial charge on any atom is 0.165 e. The fourth-order valence-corrected chi connectivity index (χ4v) is 1.78. The molecule has 0 unspecified atom stereocenters.